The molecule has 0 aromatic carbocycles. The lowest BCUT2D eigenvalue weighted by Crippen LogP contribution is -2.30. The number of aliphatic hydroxyl groups excluding tert-OH is 1. The molecule has 0 aromatic rings. The molecule has 0 bridgehead atoms. The van der Waals surface area contributed by atoms with Gasteiger partial charge in [0, 0.05) is 25.7 Å². The topological polar surface area (TPSA) is 237 Å². The summed E-state index contributed by atoms with van der Waals surface area (Å²) in [4.78, 5) is 73.4. The zero-order valence-corrected chi connectivity index (χ0v) is 73.5. The third kappa shape index (κ3) is 82.4. The van der Waals surface area contributed by atoms with Crippen LogP contribution in [0.4, 0.5) is 0 Å². The van der Waals surface area contributed by atoms with E-state index in [1.54, 1.807) is 0 Å². The average Bonchev–Trinajstić information content (AvgIpc) is 0.898. The van der Waals surface area contributed by atoms with Crippen LogP contribution in [0.15, 0.2) is 0 Å². The molecular formula is C90H176O17P2. The van der Waals surface area contributed by atoms with Crippen LogP contribution in [0.3, 0.4) is 0 Å². The zero-order valence-electron chi connectivity index (χ0n) is 71.7. The molecule has 0 amide bonds. The van der Waals surface area contributed by atoms with Gasteiger partial charge in [0.05, 0.1) is 26.4 Å². The van der Waals surface area contributed by atoms with E-state index in [9.17, 15) is 43.2 Å². The minimum Gasteiger partial charge on any atom is -0.462 e. The fourth-order valence-electron chi connectivity index (χ4n) is 14.1. The van der Waals surface area contributed by atoms with Crippen LogP contribution in [0, 0.1) is 5.92 Å². The third-order valence-electron chi connectivity index (χ3n) is 21.6. The predicted molar refractivity (Wildman–Crippen MR) is 451 cm³/mol. The molecule has 0 saturated carbocycles. The molecule has 0 heterocycles. The highest BCUT2D eigenvalue weighted by Gasteiger charge is 2.31. The van der Waals surface area contributed by atoms with Gasteiger partial charge in [-0.3, -0.25) is 37.3 Å². The maximum absolute atomic E-state index is 13.2. The Labute approximate surface area is 670 Å². The van der Waals surface area contributed by atoms with Gasteiger partial charge in [0.25, 0.3) is 0 Å². The third-order valence-corrected chi connectivity index (χ3v) is 23.5. The first-order valence-corrected chi connectivity index (χ1v) is 49.7. The Hall–Kier alpha value is -1.94. The number of phosphoric acid groups is 2. The number of carbonyl (C=O) groups excluding carboxylic acids is 4. The van der Waals surface area contributed by atoms with Crippen molar-refractivity contribution in [3.63, 3.8) is 0 Å². The highest BCUT2D eigenvalue weighted by Crippen LogP contribution is 2.45. The first-order chi connectivity index (χ1) is 53.1. The SMILES string of the molecule is CCCCCCCCCCCCCCCCCCCCCCCCC(=O)O[C@H](COC(=O)CCCCCCCCCCCCCCCCCCCC)COP(=O)(O)OC[C@@H](O)COP(=O)(O)OC[C@@H](COC(=O)CCCCCCCCCCC(C)CC)OC(=O)CCCCCCCCCCCCCCCCCCC. The monoisotopic (exact) mass is 1590 g/mol. The van der Waals surface area contributed by atoms with E-state index in [-0.39, 0.29) is 25.7 Å². The summed E-state index contributed by atoms with van der Waals surface area (Å²) < 4.78 is 69.1. The van der Waals surface area contributed by atoms with Gasteiger partial charge in [-0.15, -0.1) is 0 Å². The van der Waals surface area contributed by atoms with Crippen molar-refractivity contribution in [2.75, 3.05) is 39.6 Å². The number of esters is 4. The molecule has 0 fully saturated rings. The van der Waals surface area contributed by atoms with Gasteiger partial charge >= 0.3 is 39.5 Å². The second kappa shape index (κ2) is 82.6. The van der Waals surface area contributed by atoms with E-state index in [4.69, 9.17) is 37.0 Å². The van der Waals surface area contributed by atoms with Gasteiger partial charge in [-0.2, -0.15) is 0 Å². The average molecular weight is 1590 g/mol. The fourth-order valence-corrected chi connectivity index (χ4v) is 15.7. The van der Waals surface area contributed by atoms with E-state index >= 15 is 0 Å². The van der Waals surface area contributed by atoms with Crippen LogP contribution in [0.25, 0.3) is 0 Å². The molecule has 0 spiro atoms. The lowest BCUT2D eigenvalue weighted by atomic mass is 9.99. The Morgan fingerprint density at radius 2 is 0.440 bits per heavy atom. The van der Waals surface area contributed by atoms with E-state index in [1.807, 2.05) is 0 Å². The number of carbonyl (C=O) groups is 4. The lowest BCUT2D eigenvalue weighted by molar-refractivity contribution is -0.161. The number of aliphatic hydroxyl groups is 1. The molecule has 0 rings (SSSR count). The number of hydrogen-bond acceptors (Lipinski definition) is 15. The minimum atomic E-state index is -4.97. The first-order valence-electron chi connectivity index (χ1n) is 46.7. The fraction of sp³-hybridized carbons (Fsp3) is 0.956. The van der Waals surface area contributed by atoms with Crippen LogP contribution >= 0.6 is 15.6 Å². The molecule has 19 heteroatoms. The van der Waals surface area contributed by atoms with Crippen molar-refractivity contribution < 1.29 is 80.2 Å². The predicted octanol–water partition coefficient (Wildman–Crippen LogP) is 27.9. The van der Waals surface area contributed by atoms with E-state index in [0.29, 0.717) is 25.7 Å². The van der Waals surface area contributed by atoms with Crippen molar-refractivity contribution in [3.05, 3.63) is 0 Å². The van der Waals surface area contributed by atoms with Crippen molar-refractivity contribution >= 4 is 39.5 Å². The second-order valence-electron chi connectivity index (χ2n) is 32.6. The number of phosphoric ester groups is 2. The van der Waals surface area contributed by atoms with E-state index in [0.717, 1.165) is 95.8 Å². The molecule has 0 aromatic heterocycles. The van der Waals surface area contributed by atoms with Crippen LogP contribution in [-0.2, 0) is 65.4 Å². The van der Waals surface area contributed by atoms with Crippen LogP contribution in [0.1, 0.15) is 490 Å². The Bertz CT molecular complexity index is 2070. The van der Waals surface area contributed by atoms with Gasteiger partial charge < -0.3 is 33.8 Å². The number of hydrogen-bond donors (Lipinski definition) is 3. The van der Waals surface area contributed by atoms with Crippen molar-refractivity contribution in [3.8, 4) is 0 Å². The summed E-state index contributed by atoms with van der Waals surface area (Å²) in [5, 5.41) is 10.7. The number of unbranched alkanes of at least 4 members (excludes halogenated alkanes) is 61. The van der Waals surface area contributed by atoms with Gasteiger partial charge in [0.15, 0.2) is 12.2 Å². The molecule has 17 nitrogen and oxygen atoms in total. The highest BCUT2D eigenvalue weighted by atomic mass is 31.2. The Kier molecular flexibility index (Phi) is 81.1. The maximum Gasteiger partial charge on any atom is 0.472 e. The lowest BCUT2D eigenvalue weighted by Gasteiger charge is -2.21. The molecule has 109 heavy (non-hydrogen) atoms. The molecule has 0 aliphatic carbocycles. The highest BCUT2D eigenvalue weighted by molar-refractivity contribution is 7.47. The largest absolute Gasteiger partial charge is 0.472 e. The summed E-state index contributed by atoms with van der Waals surface area (Å²) in [6, 6.07) is 0. The summed E-state index contributed by atoms with van der Waals surface area (Å²) in [6.45, 7) is 7.39. The van der Waals surface area contributed by atoms with Crippen molar-refractivity contribution in [2.24, 2.45) is 5.92 Å². The molecule has 0 radical (unpaired) electrons. The first kappa shape index (κ1) is 107. The van der Waals surface area contributed by atoms with E-state index < -0.39 is 97.5 Å². The molecule has 0 aliphatic rings. The van der Waals surface area contributed by atoms with Crippen molar-refractivity contribution in [1.29, 1.82) is 0 Å². The van der Waals surface area contributed by atoms with Gasteiger partial charge in [-0.25, -0.2) is 9.13 Å². The van der Waals surface area contributed by atoms with Gasteiger partial charge in [0.2, 0.25) is 0 Å². The molecule has 0 aliphatic heterocycles. The zero-order chi connectivity index (χ0) is 79.7. The van der Waals surface area contributed by atoms with Gasteiger partial charge in [-0.1, -0.05) is 439 Å². The van der Waals surface area contributed by atoms with Crippen LogP contribution < -0.4 is 0 Å². The summed E-state index contributed by atoms with van der Waals surface area (Å²) in [5.41, 5.74) is 0. The molecule has 648 valence electrons. The molecule has 3 unspecified atom stereocenters. The van der Waals surface area contributed by atoms with Crippen molar-refractivity contribution in [2.45, 2.75) is 509 Å². The Morgan fingerprint density at radius 1 is 0.257 bits per heavy atom. The second-order valence-corrected chi connectivity index (χ2v) is 35.5. The van der Waals surface area contributed by atoms with Crippen LogP contribution in [0.2, 0.25) is 0 Å². The van der Waals surface area contributed by atoms with Crippen LogP contribution in [-0.4, -0.2) is 96.7 Å². The summed E-state index contributed by atoms with van der Waals surface area (Å²) in [5.74, 6) is -1.32. The van der Waals surface area contributed by atoms with E-state index in [2.05, 4.69) is 34.6 Å². The standard InChI is InChI=1S/C90H176O17P2/c1-6-10-13-16-19-22-25-28-31-34-36-37-38-39-42-45-48-51-54-61-66-71-75-89(94)106-85(79-100-87(92)73-68-63-58-52-49-46-43-41-35-32-29-26-23-20-17-14-11-7-2)81-104-108(96,97)102-77-84(91)78-103-109(98,99)105-82-86(80-101-88(93)74-69-64-59-56-55-57-62-67-72-83(5)9-4)107-90(95)76-70-65-60-53-50-47-44-40-33-30-27-24-21-18-15-12-8-3/h83-86,91H,6-82H2,1-5H3,(H,96,97)(H,98,99)/t83?,84-,85-,86-/m1/s1. The quantitative estimate of drug-likeness (QED) is 0.0222. The number of rotatable bonds is 90. The van der Waals surface area contributed by atoms with Crippen LogP contribution in [0.5, 0.6) is 0 Å². The smallest absolute Gasteiger partial charge is 0.462 e. The normalized spacial score (nSPS) is 13.9. The molecular weight excluding hydrogens is 1410 g/mol. The summed E-state index contributed by atoms with van der Waals surface area (Å²) in [7, 11) is -9.93. The summed E-state index contributed by atoms with van der Waals surface area (Å²) in [6.07, 6.45) is 77.8. The minimum absolute atomic E-state index is 0.109. The Balaban J connectivity index is 5.24. The molecule has 6 atom stereocenters. The van der Waals surface area contributed by atoms with E-state index in [1.165, 1.54) is 315 Å². The molecule has 0 saturated heterocycles. The maximum atomic E-state index is 13.2. The number of ether oxygens (including phenoxy) is 4. The Morgan fingerprint density at radius 3 is 0.651 bits per heavy atom. The van der Waals surface area contributed by atoms with Gasteiger partial charge in [-0.05, 0) is 31.6 Å². The van der Waals surface area contributed by atoms with Gasteiger partial charge in [0.1, 0.15) is 19.3 Å². The van der Waals surface area contributed by atoms with Crippen molar-refractivity contribution in [1.82, 2.24) is 0 Å². The molecule has 3 N–H and O–H groups in total. The summed E-state index contributed by atoms with van der Waals surface area (Å²) >= 11 is 0.